The first-order valence-electron chi connectivity index (χ1n) is 5.35. The third-order valence-corrected chi connectivity index (χ3v) is 2.23. The number of aliphatic hydroxyl groups excluding tert-OH is 1. The number of rotatable bonds is 4. The molecule has 1 heterocycles. The smallest absolute Gasteiger partial charge is 0.198 e. The second kappa shape index (κ2) is 4.53. The van der Waals surface area contributed by atoms with Gasteiger partial charge in [-0.05, 0) is 12.1 Å². The van der Waals surface area contributed by atoms with Crippen LogP contribution in [0, 0.1) is 0 Å². The number of benzene rings is 1. The van der Waals surface area contributed by atoms with Crippen LogP contribution >= 0.6 is 0 Å². The average molecular weight is 221 g/mol. The van der Waals surface area contributed by atoms with Gasteiger partial charge in [0.05, 0.1) is 6.61 Å². The largest absolute Gasteiger partial charge is 0.491 e. The number of aliphatic hydroxyl groups is 1. The second-order valence-electron chi connectivity index (χ2n) is 3.91. The maximum absolute atomic E-state index is 8.66. The van der Waals surface area contributed by atoms with E-state index >= 15 is 0 Å². The first-order valence-corrected chi connectivity index (χ1v) is 5.35. The molecule has 0 bridgehead atoms. The van der Waals surface area contributed by atoms with Crippen LogP contribution in [0.2, 0.25) is 0 Å². The summed E-state index contributed by atoms with van der Waals surface area (Å²) in [6.07, 6.45) is 0. The molecule has 0 amide bonds. The van der Waals surface area contributed by atoms with Crippen molar-refractivity contribution >= 4 is 11.1 Å². The quantitative estimate of drug-likeness (QED) is 0.860. The fourth-order valence-corrected chi connectivity index (χ4v) is 1.43. The minimum atomic E-state index is 0.00803. The van der Waals surface area contributed by atoms with Gasteiger partial charge in [-0.1, -0.05) is 13.8 Å². The minimum Gasteiger partial charge on any atom is -0.491 e. The molecule has 4 heteroatoms. The van der Waals surface area contributed by atoms with Gasteiger partial charge in [-0.2, -0.15) is 0 Å². The van der Waals surface area contributed by atoms with Crippen LogP contribution in [-0.2, 0) is 0 Å². The molecule has 1 N–H and O–H groups in total. The Labute approximate surface area is 93.9 Å². The van der Waals surface area contributed by atoms with Crippen LogP contribution in [0.4, 0.5) is 0 Å². The summed E-state index contributed by atoms with van der Waals surface area (Å²) in [6.45, 7) is 4.37. The molecule has 0 unspecified atom stereocenters. The number of hydrogen-bond acceptors (Lipinski definition) is 4. The summed E-state index contributed by atoms with van der Waals surface area (Å²) < 4.78 is 10.9. The van der Waals surface area contributed by atoms with Gasteiger partial charge >= 0.3 is 0 Å². The highest BCUT2D eigenvalue weighted by atomic mass is 16.5. The average Bonchev–Trinajstić information content (AvgIpc) is 2.69. The van der Waals surface area contributed by atoms with Crippen molar-refractivity contribution in [3.63, 3.8) is 0 Å². The summed E-state index contributed by atoms with van der Waals surface area (Å²) in [7, 11) is 0. The van der Waals surface area contributed by atoms with Crippen LogP contribution < -0.4 is 4.74 Å². The van der Waals surface area contributed by atoms with Gasteiger partial charge in [-0.15, -0.1) is 0 Å². The number of aromatic nitrogens is 1. The standard InChI is InChI=1S/C12H15NO3/c1-8(2)12-13-10-7-9(15-6-5-14)3-4-11(10)16-12/h3-4,7-8,14H,5-6H2,1-2H3. The van der Waals surface area contributed by atoms with Crippen LogP contribution in [-0.4, -0.2) is 23.3 Å². The lowest BCUT2D eigenvalue weighted by molar-refractivity contribution is 0.201. The lowest BCUT2D eigenvalue weighted by atomic mass is 10.2. The summed E-state index contributed by atoms with van der Waals surface area (Å²) in [5.74, 6) is 1.70. The third-order valence-electron chi connectivity index (χ3n) is 2.23. The molecule has 0 aliphatic heterocycles. The van der Waals surface area contributed by atoms with Gasteiger partial charge in [0, 0.05) is 12.0 Å². The molecule has 0 atom stereocenters. The first kappa shape index (κ1) is 11.0. The Hall–Kier alpha value is -1.55. The van der Waals surface area contributed by atoms with Crippen molar-refractivity contribution < 1.29 is 14.3 Å². The lowest BCUT2D eigenvalue weighted by Crippen LogP contribution is -2.01. The molecule has 1 aromatic carbocycles. The van der Waals surface area contributed by atoms with E-state index in [1.54, 1.807) is 0 Å². The van der Waals surface area contributed by atoms with E-state index in [2.05, 4.69) is 4.98 Å². The number of ether oxygens (including phenoxy) is 1. The van der Waals surface area contributed by atoms with E-state index in [9.17, 15) is 0 Å². The topological polar surface area (TPSA) is 55.5 Å². The van der Waals surface area contributed by atoms with Gasteiger partial charge in [-0.3, -0.25) is 0 Å². The van der Waals surface area contributed by atoms with Crippen molar-refractivity contribution in [3.8, 4) is 5.75 Å². The van der Waals surface area contributed by atoms with Crippen LogP contribution in [0.15, 0.2) is 22.6 Å². The van der Waals surface area contributed by atoms with Gasteiger partial charge in [0.2, 0.25) is 0 Å². The Morgan fingerprint density at radius 2 is 2.25 bits per heavy atom. The predicted molar refractivity (Wildman–Crippen MR) is 60.7 cm³/mol. The van der Waals surface area contributed by atoms with Crippen LogP contribution in [0.1, 0.15) is 25.7 Å². The number of oxazole rings is 1. The molecule has 0 saturated carbocycles. The summed E-state index contributed by atoms with van der Waals surface area (Å²) >= 11 is 0. The van der Waals surface area contributed by atoms with Crippen LogP contribution in [0.3, 0.4) is 0 Å². The normalized spacial score (nSPS) is 11.2. The molecule has 4 nitrogen and oxygen atoms in total. The Balaban J connectivity index is 2.30. The maximum atomic E-state index is 8.66. The van der Waals surface area contributed by atoms with Gasteiger partial charge in [0.25, 0.3) is 0 Å². The molecular formula is C12H15NO3. The van der Waals surface area contributed by atoms with Gasteiger partial charge < -0.3 is 14.3 Å². The van der Waals surface area contributed by atoms with Crippen molar-refractivity contribution in [2.75, 3.05) is 13.2 Å². The highest BCUT2D eigenvalue weighted by molar-refractivity contribution is 5.74. The summed E-state index contributed by atoms with van der Waals surface area (Å²) in [6, 6.07) is 5.47. The van der Waals surface area contributed by atoms with Gasteiger partial charge in [0.1, 0.15) is 17.9 Å². The number of hydrogen-bond donors (Lipinski definition) is 1. The zero-order valence-electron chi connectivity index (χ0n) is 9.43. The lowest BCUT2D eigenvalue weighted by Gasteiger charge is -2.02. The monoisotopic (exact) mass is 221 g/mol. The highest BCUT2D eigenvalue weighted by Crippen LogP contribution is 2.24. The van der Waals surface area contributed by atoms with Crippen LogP contribution in [0.5, 0.6) is 5.75 Å². The molecule has 0 aliphatic rings. The van der Waals surface area contributed by atoms with Crippen LogP contribution in [0.25, 0.3) is 11.1 Å². The molecule has 1 aromatic heterocycles. The molecule has 2 rings (SSSR count). The fourth-order valence-electron chi connectivity index (χ4n) is 1.43. The molecule has 0 fully saturated rings. The first-order chi connectivity index (χ1) is 7.70. The number of fused-ring (bicyclic) bond motifs is 1. The summed E-state index contributed by atoms with van der Waals surface area (Å²) in [5, 5.41) is 8.66. The van der Waals surface area contributed by atoms with E-state index in [1.165, 1.54) is 0 Å². The molecule has 86 valence electrons. The maximum Gasteiger partial charge on any atom is 0.198 e. The molecule has 2 aromatic rings. The summed E-state index contributed by atoms with van der Waals surface area (Å²) in [4.78, 5) is 4.37. The van der Waals surface area contributed by atoms with E-state index < -0.39 is 0 Å². The van der Waals surface area contributed by atoms with Crippen molar-refractivity contribution in [3.05, 3.63) is 24.1 Å². The zero-order chi connectivity index (χ0) is 11.5. The molecule has 0 aliphatic carbocycles. The molecular weight excluding hydrogens is 206 g/mol. The van der Waals surface area contributed by atoms with E-state index in [4.69, 9.17) is 14.3 Å². The minimum absolute atomic E-state index is 0.00803. The fraction of sp³-hybridized carbons (Fsp3) is 0.417. The zero-order valence-corrected chi connectivity index (χ0v) is 9.43. The molecule has 0 radical (unpaired) electrons. The molecule has 0 spiro atoms. The van der Waals surface area contributed by atoms with E-state index in [1.807, 2.05) is 32.0 Å². The SMILES string of the molecule is CC(C)c1nc2cc(OCCO)ccc2o1. The third kappa shape index (κ3) is 2.17. The number of nitrogens with zero attached hydrogens (tertiary/aromatic N) is 1. The van der Waals surface area contributed by atoms with Crippen molar-refractivity contribution in [1.82, 2.24) is 4.98 Å². The Morgan fingerprint density at radius 3 is 2.94 bits per heavy atom. The Kier molecular flexibility index (Phi) is 3.10. The highest BCUT2D eigenvalue weighted by Gasteiger charge is 2.09. The van der Waals surface area contributed by atoms with Gasteiger partial charge in [0.15, 0.2) is 11.5 Å². The molecule has 0 saturated heterocycles. The van der Waals surface area contributed by atoms with Crippen molar-refractivity contribution in [2.24, 2.45) is 0 Å². The van der Waals surface area contributed by atoms with E-state index in [0.717, 1.165) is 17.0 Å². The van der Waals surface area contributed by atoms with Crippen molar-refractivity contribution in [2.45, 2.75) is 19.8 Å². The van der Waals surface area contributed by atoms with Crippen molar-refractivity contribution in [1.29, 1.82) is 0 Å². The van der Waals surface area contributed by atoms with Gasteiger partial charge in [-0.25, -0.2) is 4.98 Å². The predicted octanol–water partition coefficient (Wildman–Crippen LogP) is 2.32. The second-order valence-corrected chi connectivity index (χ2v) is 3.91. The Bertz CT molecular complexity index is 476. The Morgan fingerprint density at radius 1 is 1.44 bits per heavy atom. The molecule has 16 heavy (non-hydrogen) atoms. The van der Waals surface area contributed by atoms with E-state index in [0.29, 0.717) is 12.4 Å². The van der Waals surface area contributed by atoms with E-state index in [-0.39, 0.29) is 12.5 Å². The summed E-state index contributed by atoms with van der Waals surface area (Å²) in [5.41, 5.74) is 1.55.